The summed E-state index contributed by atoms with van der Waals surface area (Å²) in [7, 11) is 0. The molecule has 0 aliphatic carbocycles. The molecule has 1 rings (SSSR count). The number of hydrogen-bond acceptors (Lipinski definition) is 10. The summed E-state index contributed by atoms with van der Waals surface area (Å²) in [6.07, 6.45) is 46.8. The van der Waals surface area contributed by atoms with E-state index < -0.39 is 55.4 Å². The Kier molecular flexibility index (Phi) is 40.2. The number of allylic oxidation sites excluding steroid dienone is 10. The van der Waals surface area contributed by atoms with Crippen LogP contribution in [0, 0.1) is 0 Å². The lowest BCUT2D eigenvalue weighted by Gasteiger charge is -2.39. The maximum absolute atomic E-state index is 12.8. The number of ether oxygens (including phenoxy) is 4. The van der Waals surface area contributed by atoms with E-state index in [1.165, 1.54) is 116 Å². The quantitative estimate of drug-likeness (QED) is 0.0265. The Morgan fingerprint density at radius 1 is 0.508 bits per heavy atom. The van der Waals surface area contributed by atoms with E-state index in [1.54, 1.807) is 0 Å². The SMILES string of the molecule is CC/C=C/C/C=C/C/C=C/C/C=C/CCCCC(=O)OC[C@H](CO[C@@H]1O[C@H](CO)[C@H](O)C(O)C1O)OC(=O)CCC/C=C/CCCCCCCCCCCCCCCCCCCC. The second-order valence-corrected chi connectivity index (χ2v) is 17.2. The van der Waals surface area contributed by atoms with E-state index in [2.05, 4.69) is 74.6 Å². The zero-order valence-electron chi connectivity index (χ0n) is 39.8. The zero-order chi connectivity index (χ0) is 45.9. The number of hydrogen-bond donors (Lipinski definition) is 4. The number of rotatable bonds is 42. The standard InChI is InChI=1S/C53H92O10/c1-3-5-7-9-11-13-15-17-19-20-21-22-23-24-25-26-28-30-32-34-36-38-40-42-49(56)62-46(45-61-53-52(59)51(58)50(57)47(43-54)63-53)44-60-48(55)41-39-37-35-33-31-29-27-18-16-14-12-10-8-6-4-2/h6,8,12,14,18,27,31,33-34,36,46-47,50-54,57-59H,3-5,7,9-11,13,15-17,19-26,28-30,32,35,37-45H2,1-2H3/b8-6+,14-12+,27-18+,33-31+,36-34+/t46-,47-,50+,51?,52?,53-/m1/s1. The van der Waals surface area contributed by atoms with Gasteiger partial charge in [0, 0.05) is 12.8 Å². The number of carbonyl (C=O) groups excluding carboxylic acids is 2. The van der Waals surface area contributed by atoms with E-state index >= 15 is 0 Å². The van der Waals surface area contributed by atoms with Crippen molar-refractivity contribution in [3.8, 4) is 0 Å². The first-order valence-corrected chi connectivity index (χ1v) is 25.4. The highest BCUT2D eigenvalue weighted by atomic mass is 16.7. The molecule has 1 heterocycles. The van der Waals surface area contributed by atoms with E-state index in [1.807, 2.05) is 0 Å². The van der Waals surface area contributed by atoms with Crippen molar-refractivity contribution in [2.45, 2.75) is 243 Å². The summed E-state index contributed by atoms with van der Waals surface area (Å²) in [6.45, 7) is 3.26. The lowest BCUT2D eigenvalue weighted by Crippen LogP contribution is -2.59. The van der Waals surface area contributed by atoms with Crippen LogP contribution in [-0.2, 0) is 28.5 Å². The Morgan fingerprint density at radius 2 is 0.952 bits per heavy atom. The van der Waals surface area contributed by atoms with Crippen molar-refractivity contribution in [3.05, 3.63) is 60.8 Å². The van der Waals surface area contributed by atoms with Gasteiger partial charge in [-0.15, -0.1) is 0 Å². The molecule has 0 radical (unpaired) electrons. The fourth-order valence-electron chi connectivity index (χ4n) is 7.42. The van der Waals surface area contributed by atoms with Gasteiger partial charge in [0.2, 0.25) is 0 Å². The molecule has 6 atom stereocenters. The molecule has 0 bridgehead atoms. The Labute approximate surface area is 383 Å². The summed E-state index contributed by atoms with van der Waals surface area (Å²) in [6, 6.07) is 0. The third-order valence-electron chi connectivity index (χ3n) is 11.4. The molecule has 1 aliphatic rings. The normalized spacial score (nSPS) is 20.0. The van der Waals surface area contributed by atoms with Crippen LogP contribution in [0.2, 0.25) is 0 Å². The van der Waals surface area contributed by atoms with Crippen LogP contribution in [0.3, 0.4) is 0 Å². The Morgan fingerprint density at radius 3 is 1.48 bits per heavy atom. The van der Waals surface area contributed by atoms with Gasteiger partial charge in [-0.05, 0) is 70.6 Å². The van der Waals surface area contributed by atoms with Gasteiger partial charge in [-0.3, -0.25) is 9.59 Å². The minimum absolute atomic E-state index is 0.172. The van der Waals surface area contributed by atoms with E-state index in [0.29, 0.717) is 12.8 Å². The van der Waals surface area contributed by atoms with Crippen LogP contribution in [0.25, 0.3) is 0 Å². The monoisotopic (exact) mass is 889 g/mol. The van der Waals surface area contributed by atoms with Crippen molar-refractivity contribution in [1.29, 1.82) is 0 Å². The van der Waals surface area contributed by atoms with E-state index in [-0.39, 0.29) is 26.1 Å². The molecule has 0 aromatic carbocycles. The highest BCUT2D eigenvalue weighted by molar-refractivity contribution is 5.70. The van der Waals surface area contributed by atoms with Crippen molar-refractivity contribution in [2.24, 2.45) is 0 Å². The average molecular weight is 889 g/mol. The molecule has 0 saturated carbocycles. The van der Waals surface area contributed by atoms with Gasteiger partial charge in [-0.25, -0.2) is 0 Å². The smallest absolute Gasteiger partial charge is 0.306 e. The van der Waals surface area contributed by atoms with Gasteiger partial charge in [-0.1, -0.05) is 184 Å². The topological polar surface area (TPSA) is 152 Å². The van der Waals surface area contributed by atoms with Crippen LogP contribution in [0.1, 0.15) is 206 Å². The molecule has 0 aromatic rings. The number of carbonyl (C=O) groups is 2. The lowest BCUT2D eigenvalue weighted by molar-refractivity contribution is -0.305. The van der Waals surface area contributed by atoms with Crippen LogP contribution in [-0.4, -0.2) is 89.0 Å². The van der Waals surface area contributed by atoms with Crippen LogP contribution in [0.4, 0.5) is 0 Å². The summed E-state index contributed by atoms with van der Waals surface area (Å²) in [5.74, 6) is -0.891. The molecular formula is C53H92O10. The van der Waals surface area contributed by atoms with E-state index in [0.717, 1.165) is 51.4 Å². The van der Waals surface area contributed by atoms with Crippen LogP contribution < -0.4 is 0 Å². The summed E-state index contributed by atoms with van der Waals surface area (Å²) >= 11 is 0. The fraction of sp³-hybridized carbons (Fsp3) is 0.774. The number of aliphatic hydroxyl groups is 4. The van der Waals surface area contributed by atoms with Crippen LogP contribution in [0.15, 0.2) is 60.8 Å². The molecule has 0 aromatic heterocycles. The predicted octanol–water partition coefficient (Wildman–Crippen LogP) is 11.8. The molecule has 2 unspecified atom stereocenters. The molecule has 0 spiro atoms. The van der Waals surface area contributed by atoms with Gasteiger partial charge in [0.25, 0.3) is 0 Å². The molecule has 63 heavy (non-hydrogen) atoms. The molecule has 0 amide bonds. The molecule has 10 heteroatoms. The Bertz CT molecular complexity index is 1210. The maximum Gasteiger partial charge on any atom is 0.306 e. The number of aliphatic hydroxyl groups excluding tert-OH is 4. The minimum Gasteiger partial charge on any atom is -0.462 e. The van der Waals surface area contributed by atoms with Crippen LogP contribution in [0.5, 0.6) is 0 Å². The first-order chi connectivity index (χ1) is 30.8. The minimum atomic E-state index is -1.61. The third-order valence-corrected chi connectivity index (χ3v) is 11.4. The van der Waals surface area contributed by atoms with Crippen molar-refractivity contribution < 1.29 is 49.0 Å². The Hall–Kier alpha value is -2.60. The zero-order valence-corrected chi connectivity index (χ0v) is 39.8. The first kappa shape index (κ1) is 58.4. The fourth-order valence-corrected chi connectivity index (χ4v) is 7.42. The van der Waals surface area contributed by atoms with Crippen molar-refractivity contribution in [1.82, 2.24) is 0 Å². The summed E-state index contributed by atoms with van der Waals surface area (Å²) < 4.78 is 22.1. The van der Waals surface area contributed by atoms with Gasteiger partial charge in [-0.2, -0.15) is 0 Å². The molecule has 364 valence electrons. The van der Waals surface area contributed by atoms with Gasteiger partial charge < -0.3 is 39.4 Å². The molecule has 1 aliphatic heterocycles. The maximum atomic E-state index is 12.8. The predicted molar refractivity (Wildman–Crippen MR) is 256 cm³/mol. The lowest BCUT2D eigenvalue weighted by atomic mass is 9.99. The van der Waals surface area contributed by atoms with Gasteiger partial charge in [0.15, 0.2) is 12.4 Å². The second-order valence-electron chi connectivity index (χ2n) is 17.2. The summed E-state index contributed by atoms with van der Waals surface area (Å²) in [4.78, 5) is 25.4. The second kappa shape index (κ2) is 43.3. The first-order valence-electron chi connectivity index (χ1n) is 25.4. The largest absolute Gasteiger partial charge is 0.462 e. The van der Waals surface area contributed by atoms with Crippen LogP contribution >= 0.6 is 0 Å². The summed E-state index contributed by atoms with van der Waals surface area (Å²) in [5.41, 5.74) is 0. The highest BCUT2D eigenvalue weighted by Crippen LogP contribution is 2.23. The highest BCUT2D eigenvalue weighted by Gasteiger charge is 2.44. The number of esters is 2. The van der Waals surface area contributed by atoms with Crippen molar-refractivity contribution >= 4 is 11.9 Å². The van der Waals surface area contributed by atoms with Crippen molar-refractivity contribution in [3.63, 3.8) is 0 Å². The molecule has 1 saturated heterocycles. The van der Waals surface area contributed by atoms with Gasteiger partial charge in [0.1, 0.15) is 31.0 Å². The Balaban J connectivity index is 2.29. The molecule has 1 fully saturated rings. The molecular weight excluding hydrogens is 797 g/mol. The summed E-state index contributed by atoms with van der Waals surface area (Å²) in [5, 5.41) is 40.2. The van der Waals surface area contributed by atoms with E-state index in [4.69, 9.17) is 18.9 Å². The average Bonchev–Trinajstić information content (AvgIpc) is 3.28. The van der Waals surface area contributed by atoms with Crippen molar-refractivity contribution in [2.75, 3.05) is 19.8 Å². The molecule has 10 nitrogen and oxygen atoms in total. The molecule has 4 N–H and O–H groups in total. The third kappa shape index (κ3) is 34.4. The van der Waals surface area contributed by atoms with Gasteiger partial charge in [0.05, 0.1) is 13.2 Å². The number of unbranched alkanes of at least 4 members (excludes halogenated alkanes) is 21. The van der Waals surface area contributed by atoms with Gasteiger partial charge >= 0.3 is 11.9 Å². The van der Waals surface area contributed by atoms with E-state index in [9.17, 15) is 30.0 Å².